The highest BCUT2D eigenvalue weighted by molar-refractivity contribution is 7.16. The number of aliphatic hydroxyl groups excluding tert-OH is 1. The Hall–Kier alpha value is -1.40. The minimum absolute atomic E-state index is 0.254. The summed E-state index contributed by atoms with van der Waals surface area (Å²) < 4.78 is 0. The number of hydrogen-bond acceptors (Lipinski definition) is 6. The summed E-state index contributed by atoms with van der Waals surface area (Å²) in [6.45, 7) is 1.27. The van der Waals surface area contributed by atoms with Crippen molar-refractivity contribution in [3.8, 4) is 0 Å². The van der Waals surface area contributed by atoms with Crippen molar-refractivity contribution in [3.63, 3.8) is 0 Å². The Balaban J connectivity index is 1.96. The number of nitrogens with zero attached hydrogens (tertiary/aromatic N) is 3. The van der Waals surface area contributed by atoms with Crippen LogP contribution in [0, 0.1) is 0 Å². The molecule has 6 heteroatoms. The van der Waals surface area contributed by atoms with Crippen molar-refractivity contribution >= 4 is 33.3 Å². The minimum Gasteiger partial charge on any atom is -0.396 e. The zero-order chi connectivity index (χ0) is 13.2. The van der Waals surface area contributed by atoms with E-state index >= 15 is 0 Å². The number of aromatic nitrogens is 2. The highest BCUT2D eigenvalue weighted by Gasteiger charge is 2.27. The number of aliphatic hydroxyl groups is 1. The molecular weight excluding hydrogens is 260 g/mol. The van der Waals surface area contributed by atoms with Gasteiger partial charge in [0.2, 0.25) is 5.95 Å². The van der Waals surface area contributed by atoms with Gasteiger partial charge in [-0.1, -0.05) is 0 Å². The molecule has 1 saturated heterocycles. The monoisotopic (exact) mass is 278 g/mol. The van der Waals surface area contributed by atoms with Crippen LogP contribution >= 0.6 is 11.3 Å². The molecule has 0 spiro atoms. The van der Waals surface area contributed by atoms with Crippen LogP contribution in [-0.4, -0.2) is 34.3 Å². The van der Waals surface area contributed by atoms with Crippen molar-refractivity contribution in [2.75, 3.05) is 23.8 Å². The van der Waals surface area contributed by atoms with E-state index in [1.54, 1.807) is 11.3 Å². The SMILES string of the molecule is Nc1nc(N2CCCC2CCCO)c2ccsc2n1. The molecule has 1 atom stereocenters. The first-order chi connectivity index (χ1) is 9.29. The van der Waals surface area contributed by atoms with Gasteiger partial charge in [-0.25, -0.2) is 4.98 Å². The van der Waals surface area contributed by atoms with Crippen LogP contribution in [0.3, 0.4) is 0 Å². The molecule has 3 heterocycles. The van der Waals surface area contributed by atoms with Crippen molar-refractivity contribution in [3.05, 3.63) is 11.4 Å². The molecule has 0 bridgehead atoms. The zero-order valence-electron chi connectivity index (χ0n) is 10.7. The second kappa shape index (κ2) is 5.30. The molecule has 2 aromatic heterocycles. The van der Waals surface area contributed by atoms with E-state index in [0.29, 0.717) is 12.0 Å². The smallest absolute Gasteiger partial charge is 0.223 e. The quantitative estimate of drug-likeness (QED) is 0.895. The lowest BCUT2D eigenvalue weighted by molar-refractivity contribution is 0.279. The van der Waals surface area contributed by atoms with Crippen LogP contribution in [0.4, 0.5) is 11.8 Å². The summed E-state index contributed by atoms with van der Waals surface area (Å²) in [7, 11) is 0. The first kappa shape index (κ1) is 12.6. The number of fused-ring (bicyclic) bond motifs is 1. The number of nitrogen functional groups attached to an aromatic ring is 1. The lowest BCUT2D eigenvalue weighted by Gasteiger charge is -2.26. The van der Waals surface area contributed by atoms with E-state index in [1.165, 1.54) is 6.42 Å². The highest BCUT2D eigenvalue weighted by Crippen LogP contribution is 2.34. The average Bonchev–Trinajstić information content (AvgIpc) is 3.03. The molecule has 3 rings (SSSR count). The van der Waals surface area contributed by atoms with E-state index in [0.717, 1.165) is 41.8 Å². The van der Waals surface area contributed by atoms with Crippen LogP contribution in [0.25, 0.3) is 10.2 Å². The van der Waals surface area contributed by atoms with Crippen molar-refractivity contribution in [1.82, 2.24) is 9.97 Å². The van der Waals surface area contributed by atoms with E-state index in [9.17, 15) is 0 Å². The molecule has 102 valence electrons. The third-order valence-corrected chi connectivity index (χ3v) is 4.47. The van der Waals surface area contributed by atoms with Gasteiger partial charge in [0.25, 0.3) is 0 Å². The van der Waals surface area contributed by atoms with Gasteiger partial charge in [-0.3, -0.25) is 0 Å². The molecule has 0 saturated carbocycles. The summed E-state index contributed by atoms with van der Waals surface area (Å²) in [6, 6.07) is 2.53. The van der Waals surface area contributed by atoms with Gasteiger partial charge >= 0.3 is 0 Å². The molecule has 0 aromatic carbocycles. The third-order valence-electron chi connectivity index (χ3n) is 3.67. The molecule has 3 N–H and O–H groups in total. The van der Waals surface area contributed by atoms with Crippen LogP contribution < -0.4 is 10.6 Å². The largest absolute Gasteiger partial charge is 0.396 e. The maximum atomic E-state index is 9.00. The maximum absolute atomic E-state index is 9.00. The van der Waals surface area contributed by atoms with Crippen LogP contribution in [-0.2, 0) is 0 Å². The van der Waals surface area contributed by atoms with E-state index in [-0.39, 0.29) is 6.61 Å². The molecule has 1 fully saturated rings. The van der Waals surface area contributed by atoms with Crippen molar-refractivity contribution < 1.29 is 5.11 Å². The predicted octanol–water partition coefficient (Wildman–Crippen LogP) is 2.01. The maximum Gasteiger partial charge on any atom is 0.223 e. The van der Waals surface area contributed by atoms with Gasteiger partial charge in [0, 0.05) is 19.2 Å². The summed E-state index contributed by atoms with van der Waals surface area (Å²) >= 11 is 1.60. The second-order valence-electron chi connectivity index (χ2n) is 4.90. The number of nitrogens with two attached hydrogens (primary N) is 1. The Morgan fingerprint density at radius 2 is 2.37 bits per heavy atom. The molecule has 1 aliphatic rings. The van der Waals surface area contributed by atoms with Gasteiger partial charge in [-0.15, -0.1) is 11.3 Å². The van der Waals surface area contributed by atoms with Crippen LogP contribution in [0.1, 0.15) is 25.7 Å². The Morgan fingerprint density at radius 1 is 1.47 bits per heavy atom. The summed E-state index contributed by atoms with van der Waals surface area (Å²) in [6.07, 6.45) is 4.18. The normalized spacial score (nSPS) is 19.4. The Bertz CT molecular complexity index is 571. The zero-order valence-corrected chi connectivity index (χ0v) is 11.6. The summed E-state index contributed by atoms with van der Waals surface area (Å²) in [5.74, 6) is 1.31. The number of hydrogen-bond donors (Lipinski definition) is 2. The predicted molar refractivity (Wildman–Crippen MR) is 78.5 cm³/mol. The summed E-state index contributed by atoms with van der Waals surface area (Å²) in [5, 5.41) is 12.1. The first-order valence-electron chi connectivity index (χ1n) is 6.68. The number of thiophene rings is 1. The third kappa shape index (κ3) is 2.37. The Labute approximate surface area is 116 Å². The molecule has 5 nitrogen and oxygen atoms in total. The van der Waals surface area contributed by atoms with Crippen molar-refractivity contribution in [2.24, 2.45) is 0 Å². The molecule has 19 heavy (non-hydrogen) atoms. The molecule has 1 unspecified atom stereocenters. The fourth-order valence-electron chi connectivity index (χ4n) is 2.82. The highest BCUT2D eigenvalue weighted by atomic mass is 32.1. The van der Waals surface area contributed by atoms with Crippen molar-refractivity contribution in [2.45, 2.75) is 31.7 Å². The lowest BCUT2D eigenvalue weighted by atomic mass is 10.1. The molecule has 0 aliphatic carbocycles. The van der Waals surface area contributed by atoms with Gasteiger partial charge in [0.15, 0.2) is 0 Å². The standard InChI is InChI=1S/C13H18N4OS/c14-13-15-11(10-5-8-19-12(10)16-13)17-6-1-3-9(17)4-2-7-18/h5,8-9,18H,1-4,6-7H2,(H2,14,15,16). The topological polar surface area (TPSA) is 75.3 Å². The Morgan fingerprint density at radius 3 is 3.21 bits per heavy atom. The number of rotatable bonds is 4. The first-order valence-corrected chi connectivity index (χ1v) is 7.56. The van der Waals surface area contributed by atoms with Crippen LogP contribution in [0.15, 0.2) is 11.4 Å². The molecule has 0 radical (unpaired) electrons. The molecule has 2 aromatic rings. The van der Waals surface area contributed by atoms with Crippen LogP contribution in [0.5, 0.6) is 0 Å². The fourth-order valence-corrected chi connectivity index (χ4v) is 3.58. The van der Waals surface area contributed by atoms with Gasteiger partial charge < -0.3 is 15.7 Å². The van der Waals surface area contributed by atoms with E-state index < -0.39 is 0 Å². The number of anilines is 2. The van der Waals surface area contributed by atoms with Crippen LogP contribution in [0.2, 0.25) is 0 Å². The average molecular weight is 278 g/mol. The van der Waals surface area contributed by atoms with Gasteiger partial charge in [-0.05, 0) is 37.1 Å². The Kier molecular flexibility index (Phi) is 3.52. The molecule has 0 amide bonds. The second-order valence-corrected chi connectivity index (χ2v) is 5.79. The fraction of sp³-hybridized carbons (Fsp3) is 0.538. The van der Waals surface area contributed by atoms with Gasteiger partial charge in [-0.2, -0.15) is 4.98 Å². The van der Waals surface area contributed by atoms with Gasteiger partial charge in [0.05, 0.1) is 5.39 Å². The summed E-state index contributed by atoms with van der Waals surface area (Å²) in [5.41, 5.74) is 5.81. The summed E-state index contributed by atoms with van der Waals surface area (Å²) in [4.78, 5) is 12.0. The van der Waals surface area contributed by atoms with E-state index in [4.69, 9.17) is 10.8 Å². The van der Waals surface area contributed by atoms with Crippen molar-refractivity contribution in [1.29, 1.82) is 0 Å². The molecule has 1 aliphatic heterocycles. The van der Waals surface area contributed by atoms with Gasteiger partial charge in [0.1, 0.15) is 10.6 Å². The molecular formula is C13H18N4OS. The van der Waals surface area contributed by atoms with E-state index in [1.807, 2.05) is 5.38 Å². The lowest BCUT2D eigenvalue weighted by Crippen LogP contribution is -2.30. The minimum atomic E-state index is 0.254. The van der Waals surface area contributed by atoms with E-state index in [2.05, 4.69) is 20.9 Å².